The number of carbonyl (C=O) groups is 2. The van der Waals surface area contributed by atoms with Gasteiger partial charge in [0, 0.05) is 31.7 Å². The van der Waals surface area contributed by atoms with Crippen molar-refractivity contribution in [3.05, 3.63) is 89.7 Å². The molecule has 1 fully saturated rings. The largest absolute Gasteiger partial charge is 0.484 e. The molecule has 4 rings (SSSR count). The summed E-state index contributed by atoms with van der Waals surface area (Å²) in [5.74, 6) is -0.656. The van der Waals surface area contributed by atoms with Crippen LogP contribution in [0.3, 0.4) is 0 Å². The summed E-state index contributed by atoms with van der Waals surface area (Å²) in [4.78, 5) is 28.1. The summed E-state index contributed by atoms with van der Waals surface area (Å²) in [6.07, 6.45) is 0. The summed E-state index contributed by atoms with van der Waals surface area (Å²) in [5, 5.41) is 9.03. The molecule has 3 aromatic rings. The number of hydrogen-bond donors (Lipinski definition) is 1. The Morgan fingerprint density at radius 2 is 1.49 bits per heavy atom. The molecule has 0 spiro atoms. The van der Waals surface area contributed by atoms with Crippen molar-refractivity contribution in [1.29, 1.82) is 0 Å². The van der Waals surface area contributed by atoms with Crippen molar-refractivity contribution in [2.75, 3.05) is 19.7 Å². The summed E-state index contributed by atoms with van der Waals surface area (Å²) in [6, 6.07) is 20.8. The number of hydrogen-bond acceptors (Lipinski definition) is 4. The highest BCUT2D eigenvalue weighted by Gasteiger charge is 2.32. The van der Waals surface area contributed by atoms with Crippen molar-refractivity contribution < 1.29 is 23.8 Å². The monoisotopic (exact) mass is 476 g/mol. The molecule has 1 aliphatic rings. The lowest BCUT2D eigenvalue weighted by molar-refractivity contribution is -0.139. The predicted molar refractivity (Wildman–Crippen MR) is 132 cm³/mol. The van der Waals surface area contributed by atoms with Crippen LogP contribution in [0.2, 0.25) is 0 Å². The second-order valence-corrected chi connectivity index (χ2v) is 9.00. The minimum absolute atomic E-state index is 0.0400. The maximum absolute atomic E-state index is 13.2. The van der Waals surface area contributed by atoms with Gasteiger partial charge in [-0.15, -0.1) is 0 Å². The highest BCUT2D eigenvalue weighted by Crippen LogP contribution is 2.24. The molecule has 0 aromatic heterocycles. The number of halogens is 1. The SMILES string of the molecule is C[C@@H]1CN(Cc2ccc(F)cc2)[C@@H](C)CN1C(=O)COc1ccc(-c2ccc(C(=O)O)cc2)cc1. The van der Waals surface area contributed by atoms with E-state index in [0.717, 1.165) is 29.8 Å². The molecule has 0 aliphatic carbocycles. The van der Waals surface area contributed by atoms with Gasteiger partial charge in [-0.25, -0.2) is 9.18 Å². The lowest BCUT2D eigenvalue weighted by Crippen LogP contribution is -2.58. The van der Waals surface area contributed by atoms with Crippen LogP contribution in [0.5, 0.6) is 5.75 Å². The van der Waals surface area contributed by atoms with Crippen LogP contribution in [0.4, 0.5) is 4.39 Å². The van der Waals surface area contributed by atoms with Crippen LogP contribution in [0, 0.1) is 5.82 Å². The van der Waals surface area contributed by atoms with E-state index in [2.05, 4.69) is 11.8 Å². The molecule has 182 valence electrons. The zero-order valence-electron chi connectivity index (χ0n) is 19.9. The number of nitrogens with zero attached hydrogens (tertiary/aromatic N) is 2. The maximum Gasteiger partial charge on any atom is 0.335 e. The number of carbonyl (C=O) groups excluding carboxylic acids is 1. The fourth-order valence-electron chi connectivity index (χ4n) is 4.37. The van der Waals surface area contributed by atoms with Crippen molar-refractivity contribution >= 4 is 11.9 Å². The average molecular weight is 477 g/mol. The molecule has 1 heterocycles. The van der Waals surface area contributed by atoms with E-state index in [1.165, 1.54) is 12.1 Å². The van der Waals surface area contributed by atoms with Crippen LogP contribution < -0.4 is 4.74 Å². The first kappa shape index (κ1) is 24.4. The lowest BCUT2D eigenvalue weighted by atomic mass is 10.0. The van der Waals surface area contributed by atoms with Crippen LogP contribution >= 0.6 is 0 Å². The van der Waals surface area contributed by atoms with Crippen molar-refractivity contribution in [2.24, 2.45) is 0 Å². The van der Waals surface area contributed by atoms with Gasteiger partial charge >= 0.3 is 5.97 Å². The molecule has 0 saturated carbocycles. The highest BCUT2D eigenvalue weighted by atomic mass is 19.1. The van der Waals surface area contributed by atoms with E-state index in [1.54, 1.807) is 48.5 Å². The van der Waals surface area contributed by atoms with E-state index in [0.29, 0.717) is 12.3 Å². The van der Waals surface area contributed by atoms with E-state index in [9.17, 15) is 14.0 Å². The van der Waals surface area contributed by atoms with Gasteiger partial charge in [-0.3, -0.25) is 9.69 Å². The summed E-state index contributed by atoms with van der Waals surface area (Å²) in [6.45, 7) is 6.15. The molecule has 1 aliphatic heterocycles. The molecule has 1 saturated heterocycles. The van der Waals surface area contributed by atoms with Gasteiger partial charge in [-0.2, -0.15) is 0 Å². The van der Waals surface area contributed by atoms with E-state index in [-0.39, 0.29) is 36.0 Å². The lowest BCUT2D eigenvalue weighted by Gasteiger charge is -2.44. The molecular formula is C28H29FN2O4. The molecular weight excluding hydrogens is 447 g/mol. The van der Waals surface area contributed by atoms with E-state index in [1.807, 2.05) is 24.0 Å². The second-order valence-electron chi connectivity index (χ2n) is 9.00. The Hall–Kier alpha value is -3.71. The third-order valence-corrected chi connectivity index (χ3v) is 6.42. The van der Waals surface area contributed by atoms with Gasteiger partial charge in [0.1, 0.15) is 11.6 Å². The number of carboxylic acids is 1. The van der Waals surface area contributed by atoms with Gasteiger partial charge in [-0.1, -0.05) is 36.4 Å². The standard InChI is InChI=1S/C28H29FN2O4/c1-19-16-31(20(2)15-30(19)17-21-3-11-25(29)12-4-21)27(32)18-35-26-13-9-23(10-14-26)22-5-7-24(8-6-22)28(33)34/h3-14,19-20H,15-18H2,1-2H3,(H,33,34)/t19-,20+/m0/s1. The fourth-order valence-corrected chi connectivity index (χ4v) is 4.37. The van der Waals surface area contributed by atoms with Crippen molar-refractivity contribution in [3.63, 3.8) is 0 Å². The van der Waals surface area contributed by atoms with E-state index in [4.69, 9.17) is 9.84 Å². The van der Waals surface area contributed by atoms with Gasteiger partial charge in [0.25, 0.3) is 5.91 Å². The predicted octanol–water partition coefficient (Wildman–Crippen LogP) is 4.69. The summed E-state index contributed by atoms with van der Waals surface area (Å²) in [5.41, 5.74) is 3.13. The number of carboxylic acid groups (broad SMARTS) is 1. The molecule has 2 atom stereocenters. The van der Waals surface area contributed by atoms with Crippen LogP contribution in [0.25, 0.3) is 11.1 Å². The summed E-state index contributed by atoms with van der Waals surface area (Å²) >= 11 is 0. The molecule has 1 amide bonds. The molecule has 7 heteroatoms. The third-order valence-electron chi connectivity index (χ3n) is 6.42. The van der Waals surface area contributed by atoms with Gasteiger partial charge < -0.3 is 14.7 Å². The topological polar surface area (TPSA) is 70.1 Å². The number of ether oxygens (including phenoxy) is 1. The van der Waals surface area contributed by atoms with Crippen LogP contribution in [0.15, 0.2) is 72.8 Å². The van der Waals surface area contributed by atoms with Gasteiger partial charge in [0.15, 0.2) is 6.61 Å². The number of benzene rings is 3. The Bertz CT molecular complexity index is 1160. The number of piperazine rings is 1. The minimum atomic E-state index is -0.956. The average Bonchev–Trinajstić information content (AvgIpc) is 2.86. The molecule has 35 heavy (non-hydrogen) atoms. The Labute approximate surface area is 204 Å². The zero-order chi connectivity index (χ0) is 24.9. The first-order valence-corrected chi connectivity index (χ1v) is 11.6. The smallest absolute Gasteiger partial charge is 0.335 e. The van der Waals surface area contributed by atoms with Crippen LogP contribution in [0.1, 0.15) is 29.8 Å². The Morgan fingerprint density at radius 1 is 0.886 bits per heavy atom. The van der Waals surface area contributed by atoms with Crippen LogP contribution in [-0.4, -0.2) is 58.6 Å². The molecule has 3 aromatic carbocycles. The number of aromatic carboxylic acids is 1. The quantitative estimate of drug-likeness (QED) is 0.536. The third kappa shape index (κ3) is 6.05. The molecule has 0 radical (unpaired) electrons. The first-order valence-electron chi connectivity index (χ1n) is 11.6. The minimum Gasteiger partial charge on any atom is -0.484 e. The fraction of sp³-hybridized carbons (Fsp3) is 0.286. The van der Waals surface area contributed by atoms with E-state index < -0.39 is 5.97 Å². The summed E-state index contributed by atoms with van der Waals surface area (Å²) in [7, 11) is 0. The second kappa shape index (κ2) is 10.7. The number of amides is 1. The molecule has 0 unspecified atom stereocenters. The molecule has 6 nitrogen and oxygen atoms in total. The Morgan fingerprint density at radius 3 is 2.09 bits per heavy atom. The Balaban J connectivity index is 1.30. The normalized spacial score (nSPS) is 18.3. The Kier molecular flexibility index (Phi) is 7.46. The van der Waals surface area contributed by atoms with E-state index >= 15 is 0 Å². The molecule has 1 N–H and O–H groups in total. The van der Waals surface area contributed by atoms with Gasteiger partial charge in [0.05, 0.1) is 5.56 Å². The first-order chi connectivity index (χ1) is 16.8. The van der Waals surface area contributed by atoms with Crippen molar-refractivity contribution in [2.45, 2.75) is 32.5 Å². The zero-order valence-corrected chi connectivity index (χ0v) is 19.9. The van der Waals surface area contributed by atoms with Gasteiger partial charge in [0.2, 0.25) is 0 Å². The molecule has 0 bridgehead atoms. The van der Waals surface area contributed by atoms with Crippen LogP contribution in [-0.2, 0) is 11.3 Å². The summed E-state index contributed by atoms with van der Waals surface area (Å²) < 4.78 is 18.9. The van der Waals surface area contributed by atoms with Crippen molar-refractivity contribution in [1.82, 2.24) is 9.80 Å². The van der Waals surface area contributed by atoms with Crippen molar-refractivity contribution in [3.8, 4) is 16.9 Å². The number of rotatable bonds is 7. The highest BCUT2D eigenvalue weighted by molar-refractivity contribution is 5.88. The maximum atomic E-state index is 13.2. The van der Waals surface area contributed by atoms with Gasteiger partial charge in [-0.05, 0) is 66.9 Å².